The van der Waals surface area contributed by atoms with Gasteiger partial charge in [0.2, 0.25) is 0 Å². The third kappa shape index (κ3) is 4.95. The summed E-state index contributed by atoms with van der Waals surface area (Å²) >= 11 is 6.31. The zero-order valence-corrected chi connectivity index (χ0v) is 17.5. The highest BCUT2D eigenvalue weighted by molar-refractivity contribution is 6.31. The van der Waals surface area contributed by atoms with Gasteiger partial charge >= 0.3 is 0 Å². The number of amides is 1. The molecule has 2 aromatic carbocycles. The smallest absolute Gasteiger partial charge is 0.270 e. The lowest BCUT2D eigenvalue weighted by Crippen LogP contribution is -2.47. The topological polar surface area (TPSA) is 84.7 Å². The molecule has 1 N–H and O–H groups in total. The van der Waals surface area contributed by atoms with Crippen molar-refractivity contribution < 1.29 is 18.8 Å². The second-order valence-corrected chi connectivity index (χ2v) is 7.70. The SMILES string of the molecule is Cc1ccc([N+](=O)[O-])cc1C(=O)NCC(c1c(F)cccc1Cl)N1CCOC(C)C1. The zero-order chi connectivity index (χ0) is 21.8. The molecule has 0 spiro atoms. The highest BCUT2D eigenvalue weighted by Gasteiger charge is 2.30. The minimum atomic E-state index is -0.548. The van der Waals surface area contributed by atoms with Gasteiger partial charge in [-0.05, 0) is 31.5 Å². The number of halogens is 2. The standard InChI is InChI=1S/C21H23ClFN3O4/c1-13-6-7-15(26(28)29)10-16(13)21(27)24-11-19(25-8-9-30-14(2)12-25)20-17(22)4-3-5-18(20)23/h3-7,10,14,19H,8-9,11-12H2,1-2H3,(H,24,27). The summed E-state index contributed by atoms with van der Waals surface area (Å²) in [5.74, 6) is -0.914. The van der Waals surface area contributed by atoms with Crippen molar-refractivity contribution in [3.05, 3.63) is 74.0 Å². The maximum Gasteiger partial charge on any atom is 0.270 e. The van der Waals surface area contributed by atoms with E-state index in [0.717, 1.165) is 0 Å². The van der Waals surface area contributed by atoms with Crippen LogP contribution in [0.25, 0.3) is 0 Å². The van der Waals surface area contributed by atoms with Crippen molar-refractivity contribution in [2.45, 2.75) is 26.0 Å². The van der Waals surface area contributed by atoms with E-state index in [2.05, 4.69) is 5.32 Å². The van der Waals surface area contributed by atoms with Crippen molar-refractivity contribution in [3.8, 4) is 0 Å². The molecule has 2 aromatic rings. The Morgan fingerprint density at radius 2 is 2.20 bits per heavy atom. The van der Waals surface area contributed by atoms with Gasteiger partial charge in [0.1, 0.15) is 5.82 Å². The van der Waals surface area contributed by atoms with E-state index in [1.54, 1.807) is 13.0 Å². The van der Waals surface area contributed by atoms with Gasteiger partial charge in [-0.1, -0.05) is 23.7 Å². The van der Waals surface area contributed by atoms with Crippen LogP contribution in [-0.2, 0) is 4.74 Å². The van der Waals surface area contributed by atoms with Crippen molar-refractivity contribution in [1.82, 2.24) is 10.2 Å². The van der Waals surface area contributed by atoms with Crippen LogP contribution in [-0.4, -0.2) is 48.1 Å². The Hall–Kier alpha value is -2.55. The predicted molar refractivity (Wildman–Crippen MR) is 111 cm³/mol. The first-order chi connectivity index (χ1) is 14.3. The number of nitro benzene ring substituents is 1. The molecule has 2 atom stereocenters. The second-order valence-electron chi connectivity index (χ2n) is 7.29. The quantitative estimate of drug-likeness (QED) is 0.549. The van der Waals surface area contributed by atoms with Gasteiger partial charge in [0.25, 0.3) is 11.6 Å². The highest BCUT2D eigenvalue weighted by atomic mass is 35.5. The number of ether oxygens (including phenoxy) is 1. The third-order valence-corrected chi connectivity index (χ3v) is 5.51. The van der Waals surface area contributed by atoms with Crippen molar-refractivity contribution in [2.24, 2.45) is 0 Å². The van der Waals surface area contributed by atoms with Gasteiger partial charge in [-0.15, -0.1) is 0 Å². The molecule has 0 aliphatic carbocycles. The molecule has 1 amide bonds. The van der Waals surface area contributed by atoms with E-state index in [9.17, 15) is 19.3 Å². The van der Waals surface area contributed by atoms with Crippen LogP contribution in [0.3, 0.4) is 0 Å². The molecule has 1 fully saturated rings. The van der Waals surface area contributed by atoms with E-state index < -0.39 is 22.7 Å². The van der Waals surface area contributed by atoms with Crippen LogP contribution >= 0.6 is 11.6 Å². The average molecular weight is 436 g/mol. The van der Waals surface area contributed by atoms with Crippen LogP contribution in [0.5, 0.6) is 0 Å². The number of carbonyl (C=O) groups is 1. The van der Waals surface area contributed by atoms with Crippen LogP contribution < -0.4 is 5.32 Å². The van der Waals surface area contributed by atoms with E-state index in [4.69, 9.17) is 16.3 Å². The van der Waals surface area contributed by atoms with E-state index in [1.807, 2.05) is 11.8 Å². The van der Waals surface area contributed by atoms with E-state index in [-0.39, 0.29) is 28.9 Å². The molecule has 1 aliphatic heterocycles. The Morgan fingerprint density at radius 3 is 2.87 bits per heavy atom. The first-order valence-electron chi connectivity index (χ1n) is 9.60. The van der Waals surface area contributed by atoms with Gasteiger partial charge in [0.15, 0.2) is 0 Å². The molecule has 0 radical (unpaired) electrons. The Morgan fingerprint density at radius 1 is 1.43 bits per heavy atom. The van der Waals surface area contributed by atoms with Crippen molar-refractivity contribution in [1.29, 1.82) is 0 Å². The van der Waals surface area contributed by atoms with Gasteiger partial charge < -0.3 is 10.1 Å². The van der Waals surface area contributed by atoms with E-state index in [0.29, 0.717) is 30.8 Å². The summed E-state index contributed by atoms with van der Waals surface area (Å²) in [6.45, 7) is 5.33. The Labute approximate surface area is 178 Å². The summed E-state index contributed by atoms with van der Waals surface area (Å²) in [6.07, 6.45) is -0.0403. The van der Waals surface area contributed by atoms with Gasteiger partial charge in [0.05, 0.1) is 23.7 Å². The molecule has 160 valence electrons. The second kappa shape index (κ2) is 9.51. The van der Waals surface area contributed by atoms with Crippen molar-refractivity contribution in [3.63, 3.8) is 0 Å². The van der Waals surface area contributed by atoms with Crippen LogP contribution in [0.15, 0.2) is 36.4 Å². The first kappa shape index (κ1) is 22.1. The van der Waals surface area contributed by atoms with Crippen LogP contribution in [0.2, 0.25) is 5.02 Å². The fourth-order valence-corrected chi connectivity index (χ4v) is 3.91. The fourth-order valence-electron chi connectivity index (χ4n) is 3.62. The fraction of sp³-hybridized carbons (Fsp3) is 0.381. The number of hydrogen-bond donors (Lipinski definition) is 1. The number of aryl methyl sites for hydroxylation is 1. The Bertz CT molecular complexity index is 936. The van der Waals surface area contributed by atoms with E-state index >= 15 is 0 Å². The molecular weight excluding hydrogens is 413 g/mol. The highest BCUT2D eigenvalue weighted by Crippen LogP contribution is 2.31. The number of carbonyl (C=O) groups excluding carboxylic acids is 1. The molecule has 0 aromatic heterocycles. The minimum Gasteiger partial charge on any atom is -0.376 e. The number of morpholine rings is 1. The summed E-state index contributed by atoms with van der Waals surface area (Å²) < 4.78 is 20.3. The number of non-ortho nitro benzene ring substituents is 1. The number of nitro groups is 1. The first-order valence-corrected chi connectivity index (χ1v) is 9.98. The molecule has 2 unspecified atom stereocenters. The van der Waals surface area contributed by atoms with Gasteiger partial charge in [-0.3, -0.25) is 19.8 Å². The van der Waals surface area contributed by atoms with E-state index in [1.165, 1.54) is 30.3 Å². The lowest BCUT2D eigenvalue weighted by molar-refractivity contribution is -0.384. The lowest BCUT2D eigenvalue weighted by atomic mass is 10.0. The van der Waals surface area contributed by atoms with Crippen LogP contribution in [0, 0.1) is 22.9 Å². The number of nitrogens with one attached hydrogen (secondary N) is 1. The summed E-state index contributed by atoms with van der Waals surface area (Å²) in [6, 6.07) is 8.10. The number of hydrogen-bond acceptors (Lipinski definition) is 5. The molecule has 30 heavy (non-hydrogen) atoms. The van der Waals surface area contributed by atoms with Gasteiger partial charge in [-0.25, -0.2) is 4.39 Å². The zero-order valence-electron chi connectivity index (χ0n) is 16.7. The molecule has 3 rings (SSSR count). The van der Waals surface area contributed by atoms with Crippen molar-refractivity contribution in [2.75, 3.05) is 26.2 Å². The molecule has 1 aliphatic rings. The average Bonchev–Trinajstić information content (AvgIpc) is 2.70. The molecule has 9 heteroatoms. The monoisotopic (exact) mass is 435 g/mol. The van der Waals surface area contributed by atoms with Gasteiger partial charge in [0, 0.05) is 47.9 Å². The predicted octanol–water partition coefficient (Wildman–Crippen LogP) is 3.89. The largest absolute Gasteiger partial charge is 0.376 e. The lowest BCUT2D eigenvalue weighted by Gasteiger charge is -2.38. The van der Waals surface area contributed by atoms with Crippen LogP contribution in [0.4, 0.5) is 10.1 Å². The molecule has 1 saturated heterocycles. The Balaban J connectivity index is 1.86. The summed E-state index contributed by atoms with van der Waals surface area (Å²) in [5, 5.41) is 14.1. The third-order valence-electron chi connectivity index (χ3n) is 5.18. The summed E-state index contributed by atoms with van der Waals surface area (Å²) in [4.78, 5) is 25.3. The van der Waals surface area contributed by atoms with Crippen molar-refractivity contribution >= 4 is 23.2 Å². The molecule has 1 heterocycles. The number of rotatable bonds is 6. The number of benzene rings is 2. The van der Waals surface area contributed by atoms with Gasteiger partial charge in [-0.2, -0.15) is 0 Å². The molecule has 0 bridgehead atoms. The molecular formula is C21H23ClFN3O4. The normalized spacial score (nSPS) is 18.1. The maximum atomic E-state index is 14.7. The summed E-state index contributed by atoms with van der Waals surface area (Å²) in [5.41, 5.74) is 0.960. The maximum absolute atomic E-state index is 14.7. The summed E-state index contributed by atoms with van der Waals surface area (Å²) in [7, 11) is 0. The Kier molecular flexibility index (Phi) is 7.02. The number of nitrogens with zero attached hydrogens (tertiary/aromatic N) is 2. The molecule has 7 nitrogen and oxygen atoms in total. The minimum absolute atomic E-state index is 0.0403. The molecule has 0 saturated carbocycles. The van der Waals surface area contributed by atoms with Crippen LogP contribution in [0.1, 0.15) is 34.5 Å².